The van der Waals surface area contributed by atoms with Crippen LogP contribution in [0.3, 0.4) is 0 Å². The van der Waals surface area contributed by atoms with Gasteiger partial charge in [-0.15, -0.1) is 0 Å². The summed E-state index contributed by atoms with van der Waals surface area (Å²) in [6.45, 7) is 8.23. The fraction of sp³-hybridized carbons (Fsp3) is 0.812. The molecule has 0 spiro atoms. The van der Waals surface area contributed by atoms with E-state index in [0.717, 1.165) is 39.1 Å². The van der Waals surface area contributed by atoms with E-state index in [0.29, 0.717) is 18.3 Å². The molecule has 1 aliphatic rings. The van der Waals surface area contributed by atoms with Gasteiger partial charge in [0, 0.05) is 12.2 Å². The number of rotatable bonds is 13. The molecule has 0 aromatic carbocycles. The normalized spacial score (nSPS) is 16.9. The van der Waals surface area contributed by atoms with Crippen molar-refractivity contribution < 1.29 is 19.0 Å². The van der Waals surface area contributed by atoms with Crippen molar-refractivity contribution in [1.29, 1.82) is 0 Å². The molecule has 4 heteroatoms. The average molecular weight is 284 g/mol. The second kappa shape index (κ2) is 10.9. The van der Waals surface area contributed by atoms with Gasteiger partial charge in [-0.3, -0.25) is 0 Å². The van der Waals surface area contributed by atoms with E-state index in [9.17, 15) is 4.79 Å². The third kappa shape index (κ3) is 9.98. The van der Waals surface area contributed by atoms with Crippen molar-refractivity contribution in [3.8, 4) is 0 Å². The van der Waals surface area contributed by atoms with E-state index in [-0.39, 0.29) is 5.97 Å². The van der Waals surface area contributed by atoms with Crippen LogP contribution in [0, 0.1) is 0 Å². The Morgan fingerprint density at radius 2 is 1.65 bits per heavy atom. The van der Waals surface area contributed by atoms with E-state index in [4.69, 9.17) is 14.2 Å². The molecule has 1 saturated heterocycles. The van der Waals surface area contributed by atoms with Crippen molar-refractivity contribution in [3.05, 3.63) is 12.2 Å². The van der Waals surface area contributed by atoms with E-state index in [1.165, 1.54) is 25.7 Å². The molecule has 0 radical (unpaired) electrons. The second-order valence-corrected chi connectivity index (χ2v) is 5.42. The molecule has 20 heavy (non-hydrogen) atoms. The molecule has 0 aliphatic carbocycles. The van der Waals surface area contributed by atoms with Crippen LogP contribution in [0.25, 0.3) is 0 Å². The van der Waals surface area contributed by atoms with E-state index >= 15 is 0 Å². The first-order chi connectivity index (χ1) is 9.70. The highest BCUT2D eigenvalue weighted by Gasteiger charge is 2.21. The summed E-state index contributed by atoms with van der Waals surface area (Å²) in [7, 11) is 0. The fourth-order valence-corrected chi connectivity index (χ4v) is 1.86. The molecule has 4 nitrogen and oxygen atoms in total. The standard InChI is InChI=1S/C16H28O4/c1-14(2)16(17)19-11-9-7-5-3-4-6-8-10-18-12-15-13-20-15/h15H,1,3-13H2,2H3. The highest BCUT2D eigenvalue weighted by atomic mass is 16.6. The predicted molar refractivity (Wildman–Crippen MR) is 78.7 cm³/mol. The summed E-state index contributed by atoms with van der Waals surface area (Å²) in [6, 6.07) is 0. The first kappa shape index (κ1) is 17.2. The van der Waals surface area contributed by atoms with E-state index in [1.54, 1.807) is 6.92 Å². The topological polar surface area (TPSA) is 48.1 Å². The van der Waals surface area contributed by atoms with Crippen molar-refractivity contribution >= 4 is 5.97 Å². The zero-order chi connectivity index (χ0) is 14.6. The second-order valence-electron chi connectivity index (χ2n) is 5.42. The molecule has 0 bridgehead atoms. The molecule has 1 aliphatic heterocycles. The number of carbonyl (C=O) groups excluding carboxylic acids is 1. The average Bonchev–Trinajstić information content (AvgIpc) is 3.23. The van der Waals surface area contributed by atoms with Crippen molar-refractivity contribution in [2.45, 2.75) is 58.0 Å². The molecule has 1 heterocycles. The Morgan fingerprint density at radius 3 is 2.20 bits per heavy atom. The highest BCUT2D eigenvalue weighted by Crippen LogP contribution is 2.10. The van der Waals surface area contributed by atoms with Gasteiger partial charge in [0.2, 0.25) is 0 Å². The zero-order valence-corrected chi connectivity index (χ0v) is 12.7. The molecule has 0 N–H and O–H groups in total. The largest absolute Gasteiger partial charge is 0.462 e. The first-order valence-corrected chi connectivity index (χ1v) is 7.72. The number of esters is 1. The van der Waals surface area contributed by atoms with Gasteiger partial charge < -0.3 is 14.2 Å². The van der Waals surface area contributed by atoms with Crippen LogP contribution < -0.4 is 0 Å². The lowest BCUT2D eigenvalue weighted by atomic mass is 10.1. The smallest absolute Gasteiger partial charge is 0.333 e. The molecule has 1 atom stereocenters. The maximum absolute atomic E-state index is 11.1. The van der Waals surface area contributed by atoms with Crippen LogP contribution in [-0.2, 0) is 19.0 Å². The first-order valence-electron chi connectivity index (χ1n) is 7.72. The van der Waals surface area contributed by atoms with E-state index in [2.05, 4.69) is 6.58 Å². The third-order valence-electron chi connectivity index (χ3n) is 3.22. The summed E-state index contributed by atoms with van der Waals surface area (Å²) in [4.78, 5) is 11.1. The Kier molecular flexibility index (Phi) is 9.33. The predicted octanol–water partition coefficient (Wildman–Crippen LogP) is 3.25. The SMILES string of the molecule is C=C(C)C(=O)OCCCCCCCCCOCC1CO1. The van der Waals surface area contributed by atoms with Gasteiger partial charge in [0.15, 0.2) is 0 Å². The number of hydrogen-bond donors (Lipinski definition) is 0. The van der Waals surface area contributed by atoms with Crippen LogP contribution in [0.1, 0.15) is 51.9 Å². The van der Waals surface area contributed by atoms with Crippen LogP contribution >= 0.6 is 0 Å². The minimum atomic E-state index is -0.276. The summed E-state index contributed by atoms with van der Waals surface area (Å²) < 4.78 is 15.6. The maximum atomic E-state index is 11.1. The van der Waals surface area contributed by atoms with Crippen LogP contribution in [-0.4, -0.2) is 38.5 Å². The minimum Gasteiger partial charge on any atom is -0.462 e. The monoisotopic (exact) mass is 284 g/mol. The molecule has 116 valence electrons. The van der Waals surface area contributed by atoms with Gasteiger partial charge in [0.1, 0.15) is 6.10 Å². The van der Waals surface area contributed by atoms with Crippen LogP contribution in [0.5, 0.6) is 0 Å². The molecular formula is C16H28O4. The molecule has 0 aromatic rings. The quantitative estimate of drug-likeness (QED) is 0.225. The van der Waals surface area contributed by atoms with Gasteiger partial charge in [-0.2, -0.15) is 0 Å². The highest BCUT2D eigenvalue weighted by molar-refractivity contribution is 5.86. The van der Waals surface area contributed by atoms with Gasteiger partial charge in [-0.25, -0.2) is 4.79 Å². The van der Waals surface area contributed by atoms with Gasteiger partial charge in [0.25, 0.3) is 0 Å². The Labute approximate surface area is 122 Å². The Morgan fingerprint density at radius 1 is 1.10 bits per heavy atom. The van der Waals surface area contributed by atoms with Crippen molar-refractivity contribution in [3.63, 3.8) is 0 Å². The van der Waals surface area contributed by atoms with Gasteiger partial charge in [-0.1, -0.05) is 38.7 Å². The van der Waals surface area contributed by atoms with E-state index in [1.807, 2.05) is 0 Å². The lowest BCUT2D eigenvalue weighted by Gasteiger charge is -2.05. The fourth-order valence-electron chi connectivity index (χ4n) is 1.86. The lowest BCUT2D eigenvalue weighted by molar-refractivity contribution is -0.139. The van der Waals surface area contributed by atoms with E-state index < -0.39 is 0 Å². The van der Waals surface area contributed by atoms with Crippen molar-refractivity contribution in [1.82, 2.24) is 0 Å². The summed E-state index contributed by atoms with van der Waals surface area (Å²) in [5.74, 6) is -0.276. The molecule has 0 aromatic heterocycles. The van der Waals surface area contributed by atoms with Gasteiger partial charge >= 0.3 is 5.97 Å². The number of carbonyl (C=O) groups is 1. The van der Waals surface area contributed by atoms with Crippen molar-refractivity contribution in [2.24, 2.45) is 0 Å². The third-order valence-corrected chi connectivity index (χ3v) is 3.22. The molecular weight excluding hydrogens is 256 g/mol. The number of ether oxygens (including phenoxy) is 3. The summed E-state index contributed by atoms with van der Waals surface area (Å²) in [5.41, 5.74) is 0.473. The number of epoxide rings is 1. The Balaban J connectivity index is 1.69. The summed E-state index contributed by atoms with van der Waals surface area (Å²) in [6.07, 6.45) is 8.55. The van der Waals surface area contributed by atoms with Crippen LogP contribution in [0.15, 0.2) is 12.2 Å². The maximum Gasteiger partial charge on any atom is 0.333 e. The van der Waals surface area contributed by atoms with Crippen LogP contribution in [0.4, 0.5) is 0 Å². The van der Waals surface area contributed by atoms with Gasteiger partial charge in [0.05, 0.1) is 19.8 Å². The summed E-state index contributed by atoms with van der Waals surface area (Å²) >= 11 is 0. The minimum absolute atomic E-state index is 0.276. The molecule has 0 saturated carbocycles. The van der Waals surface area contributed by atoms with Crippen molar-refractivity contribution in [2.75, 3.05) is 26.4 Å². The molecule has 0 amide bonds. The Bertz CT molecular complexity index is 284. The number of unbranched alkanes of at least 4 members (excludes halogenated alkanes) is 6. The van der Waals surface area contributed by atoms with Crippen LogP contribution in [0.2, 0.25) is 0 Å². The molecule has 1 fully saturated rings. The molecule has 1 unspecified atom stereocenters. The number of hydrogen-bond acceptors (Lipinski definition) is 4. The van der Waals surface area contributed by atoms with Gasteiger partial charge in [-0.05, 0) is 19.8 Å². The zero-order valence-electron chi connectivity index (χ0n) is 12.7. The Hall–Kier alpha value is -0.870. The lowest BCUT2D eigenvalue weighted by Crippen LogP contribution is -2.06. The summed E-state index contributed by atoms with van der Waals surface area (Å²) in [5, 5.41) is 0. The molecule has 1 rings (SSSR count).